The fourth-order valence-electron chi connectivity index (χ4n) is 2.59. The van der Waals surface area contributed by atoms with E-state index in [1.807, 2.05) is 0 Å². The highest BCUT2D eigenvalue weighted by Crippen LogP contribution is 2.15. The van der Waals surface area contributed by atoms with Gasteiger partial charge in [-0.15, -0.1) is 0 Å². The zero-order valence-corrected chi connectivity index (χ0v) is 13.6. The molecule has 3 nitrogen and oxygen atoms in total. The Labute approximate surface area is 127 Å². The van der Waals surface area contributed by atoms with Crippen LogP contribution in [0.2, 0.25) is 0 Å². The second-order valence-electron chi connectivity index (χ2n) is 5.21. The minimum absolute atomic E-state index is 0.0924. The lowest BCUT2D eigenvalue weighted by atomic mass is 9.95. The third-order valence-corrected chi connectivity index (χ3v) is 4.53. The quantitative estimate of drug-likeness (QED) is 0.795. The lowest BCUT2D eigenvalue weighted by Gasteiger charge is -2.34. The molecule has 0 aromatic heterocycles. The summed E-state index contributed by atoms with van der Waals surface area (Å²) >= 11 is 0. The first-order valence-electron chi connectivity index (χ1n) is 7.74. The van der Waals surface area contributed by atoms with Gasteiger partial charge in [0.1, 0.15) is 0 Å². The van der Waals surface area contributed by atoms with E-state index in [9.17, 15) is 9.59 Å². The van der Waals surface area contributed by atoms with Crippen molar-refractivity contribution in [3.8, 4) is 0 Å². The van der Waals surface area contributed by atoms with E-state index >= 15 is 0 Å². The number of hydrogen-bond donors (Lipinski definition) is 0. The maximum Gasteiger partial charge on any atom is 0.186 e. The molecule has 0 bridgehead atoms. The van der Waals surface area contributed by atoms with E-state index in [0.717, 1.165) is 0 Å². The van der Waals surface area contributed by atoms with Crippen LogP contribution in [0.1, 0.15) is 48.4 Å². The van der Waals surface area contributed by atoms with Crippen LogP contribution in [0.5, 0.6) is 0 Å². The Bertz CT molecular complexity index is 473. The van der Waals surface area contributed by atoms with Crippen molar-refractivity contribution in [1.82, 2.24) is 0 Å². The van der Waals surface area contributed by atoms with Crippen molar-refractivity contribution in [2.24, 2.45) is 0 Å². The Balaban J connectivity index is 0.000000222. The number of nitrogens with zero attached hydrogens (tertiary/aromatic N) is 1. The maximum atomic E-state index is 11.2. The molecule has 1 aromatic rings. The summed E-state index contributed by atoms with van der Waals surface area (Å²) in [4.78, 5) is 22.4. The Morgan fingerprint density at radius 2 is 1.05 bits per heavy atom. The fraction of sp³-hybridized carbons (Fsp3) is 0.444. The molecule has 3 heteroatoms. The van der Waals surface area contributed by atoms with Crippen LogP contribution in [0.25, 0.3) is 0 Å². The second-order valence-corrected chi connectivity index (χ2v) is 5.21. The first kappa shape index (κ1) is 17.3. The molecule has 0 saturated carbocycles. The number of fused-ring (bicyclic) bond motifs is 1. The fourth-order valence-corrected chi connectivity index (χ4v) is 2.59. The summed E-state index contributed by atoms with van der Waals surface area (Å²) in [6.45, 7) is 14.2. The van der Waals surface area contributed by atoms with E-state index < -0.39 is 0 Å². The number of allylic oxidation sites excluding steroid dienone is 2. The van der Waals surface area contributed by atoms with Crippen molar-refractivity contribution in [2.75, 3.05) is 26.2 Å². The number of hydrogen-bond acceptors (Lipinski definition) is 2. The highest BCUT2D eigenvalue weighted by atomic mass is 16.1. The van der Waals surface area contributed by atoms with Crippen LogP contribution in [0.4, 0.5) is 0 Å². The third-order valence-electron chi connectivity index (χ3n) is 4.53. The highest BCUT2D eigenvalue weighted by Gasteiger charge is 2.17. The van der Waals surface area contributed by atoms with Crippen molar-refractivity contribution >= 4 is 11.6 Å². The Morgan fingerprint density at radius 1 is 0.714 bits per heavy atom. The highest BCUT2D eigenvalue weighted by molar-refractivity contribution is 6.21. The standard InChI is InChI=1S/C10H6O2.C8H20N/c11-9-5-6-10(12)8-4-2-1-3-7(8)9;1-5-9(6-2,7-3)8-4/h1-6H;5-8H2,1-4H3/q;+1. The molecule has 1 aromatic carbocycles. The summed E-state index contributed by atoms with van der Waals surface area (Å²) in [5.74, 6) is -0.185. The Hall–Kier alpha value is -1.74. The predicted molar refractivity (Wildman–Crippen MR) is 86.7 cm³/mol. The van der Waals surface area contributed by atoms with Gasteiger partial charge in [-0.2, -0.15) is 0 Å². The molecule has 21 heavy (non-hydrogen) atoms. The SMILES string of the molecule is CC[N+](CC)(CC)CC.O=C1C=CC(=O)c2ccccc21. The van der Waals surface area contributed by atoms with Gasteiger partial charge in [-0.3, -0.25) is 9.59 Å². The van der Waals surface area contributed by atoms with Gasteiger partial charge in [0.05, 0.1) is 26.2 Å². The molecule has 0 saturated heterocycles. The first-order chi connectivity index (χ1) is 10.0. The largest absolute Gasteiger partial charge is 0.325 e. The average molecular weight is 288 g/mol. The molecule has 114 valence electrons. The van der Waals surface area contributed by atoms with Crippen LogP contribution in [-0.4, -0.2) is 42.2 Å². The van der Waals surface area contributed by atoms with E-state index in [0.29, 0.717) is 11.1 Å². The summed E-state index contributed by atoms with van der Waals surface area (Å²) in [5.41, 5.74) is 1.01. The van der Waals surface area contributed by atoms with Crippen LogP contribution in [0.15, 0.2) is 36.4 Å². The van der Waals surface area contributed by atoms with Gasteiger partial charge in [0.25, 0.3) is 0 Å². The molecule has 2 rings (SSSR count). The molecule has 0 aliphatic heterocycles. The summed E-state index contributed by atoms with van der Waals surface area (Å²) in [6.07, 6.45) is 2.62. The molecular formula is C18H26NO2+. The molecular weight excluding hydrogens is 262 g/mol. The minimum atomic E-state index is -0.0924. The van der Waals surface area contributed by atoms with Crippen LogP contribution in [0, 0.1) is 0 Å². The number of ketones is 2. The van der Waals surface area contributed by atoms with Crippen LogP contribution in [0.3, 0.4) is 0 Å². The van der Waals surface area contributed by atoms with Gasteiger partial charge in [-0.05, 0) is 39.8 Å². The lowest BCUT2D eigenvalue weighted by Crippen LogP contribution is -2.47. The molecule has 1 aliphatic rings. The van der Waals surface area contributed by atoms with Crippen molar-refractivity contribution < 1.29 is 14.1 Å². The van der Waals surface area contributed by atoms with Crippen LogP contribution >= 0.6 is 0 Å². The van der Waals surface area contributed by atoms with Gasteiger partial charge in [0.2, 0.25) is 0 Å². The minimum Gasteiger partial charge on any atom is -0.325 e. The van der Waals surface area contributed by atoms with Gasteiger partial charge >= 0.3 is 0 Å². The van der Waals surface area contributed by atoms with Gasteiger partial charge in [0, 0.05) is 11.1 Å². The molecule has 0 unspecified atom stereocenters. The predicted octanol–water partition coefficient (Wildman–Crippen LogP) is 3.50. The first-order valence-corrected chi connectivity index (χ1v) is 7.74. The molecule has 0 spiro atoms. The smallest absolute Gasteiger partial charge is 0.186 e. The zero-order valence-electron chi connectivity index (χ0n) is 13.6. The molecule has 0 amide bonds. The zero-order chi connectivity index (χ0) is 15.9. The molecule has 0 N–H and O–H groups in total. The van der Waals surface area contributed by atoms with E-state index in [-0.39, 0.29) is 11.6 Å². The van der Waals surface area contributed by atoms with E-state index in [2.05, 4.69) is 27.7 Å². The topological polar surface area (TPSA) is 34.1 Å². The number of benzene rings is 1. The van der Waals surface area contributed by atoms with E-state index in [1.54, 1.807) is 24.3 Å². The number of carbonyl (C=O) groups excluding carboxylic acids is 2. The van der Waals surface area contributed by atoms with Crippen molar-refractivity contribution in [2.45, 2.75) is 27.7 Å². The van der Waals surface area contributed by atoms with Crippen molar-refractivity contribution in [3.63, 3.8) is 0 Å². The lowest BCUT2D eigenvalue weighted by molar-refractivity contribution is -0.921. The van der Waals surface area contributed by atoms with Crippen molar-refractivity contribution in [3.05, 3.63) is 47.5 Å². The number of rotatable bonds is 4. The van der Waals surface area contributed by atoms with Gasteiger partial charge in [0.15, 0.2) is 11.6 Å². The molecule has 1 aliphatic carbocycles. The van der Waals surface area contributed by atoms with E-state index in [1.165, 1.54) is 42.8 Å². The Kier molecular flexibility index (Phi) is 6.50. The average Bonchev–Trinajstić information content (AvgIpc) is 2.55. The Morgan fingerprint density at radius 3 is 1.29 bits per heavy atom. The van der Waals surface area contributed by atoms with Crippen molar-refractivity contribution in [1.29, 1.82) is 0 Å². The third kappa shape index (κ3) is 4.11. The second kappa shape index (κ2) is 7.89. The van der Waals surface area contributed by atoms with E-state index in [4.69, 9.17) is 0 Å². The summed E-state index contributed by atoms with van der Waals surface area (Å²) in [6, 6.07) is 6.84. The number of carbonyl (C=O) groups is 2. The molecule has 0 atom stereocenters. The molecule has 0 heterocycles. The van der Waals surface area contributed by atoms with Crippen LogP contribution < -0.4 is 0 Å². The maximum absolute atomic E-state index is 11.2. The normalized spacial score (nSPS) is 13.5. The summed E-state index contributed by atoms with van der Waals surface area (Å²) in [5, 5.41) is 0. The van der Waals surface area contributed by atoms with Gasteiger partial charge in [-0.1, -0.05) is 24.3 Å². The monoisotopic (exact) mass is 288 g/mol. The summed E-state index contributed by atoms with van der Waals surface area (Å²) < 4.78 is 1.28. The number of quaternary nitrogens is 1. The molecule has 0 radical (unpaired) electrons. The van der Waals surface area contributed by atoms with Gasteiger partial charge < -0.3 is 4.48 Å². The molecule has 0 fully saturated rings. The summed E-state index contributed by atoms with van der Waals surface area (Å²) in [7, 11) is 0. The van der Waals surface area contributed by atoms with Crippen LogP contribution in [-0.2, 0) is 0 Å². The van der Waals surface area contributed by atoms with Gasteiger partial charge in [-0.25, -0.2) is 0 Å².